The molecule has 192 valence electrons. The van der Waals surface area contributed by atoms with E-state index in [4.69, 9.17) is 0 Å². The number of carbonyl (C=O) groups excluding carboxylic acids is 3. The number of fused-ring (bicyclic) bond motifs is 2. The van der Waals surface area contributed by atoms with Gasteiger partial charge in [-0.15, -0.1) is 0 Å². The molecule has 1 aromatic heterocycles. The summed E-state index contributed by atoms with van der Waals surface area (Å²) in [5, 5.41) is 16.0. The minimum atomic E-state index is -1.01. The summed E-state index contributed by atoms with van der Waals surface area (Å²) < 4.78 is 28.6. The molecule has 4 rings (SSSR count). The molecule has 0 saturated heterocycles. The van der Waals surface area contributed by atoms with Gasteiger partial charge in [-0.1, -0.05) is 6.07 Å². The van der Waals surface area contributed by atoms with Crippen molar-refractivity contribution in [1.29, 1.82) is 0 Å². The van der Waals surface area contributed by atoms with E-state index in [0.29, 0.717) is 32.0 Å². The van der Waals surface area contributed by atoms with Crippen LogP contribution in [0.25, 0.3) is 0 Å². The first-order chi connectivity index (χ1) is 16.9. The third kappa shape index (κ3) is 4.45. The Balaban J connectivity index is 1.68. The molecule has 3 amide bonds. The highest BCUT2D eigenvalue weighted by atomic mass is 19.1. The molecule has 0 bridgehead atoms. The van der Waals surface area contributed by atoms with Gasteiger partial charge in [0.15, 0.2) is 11.4 Å². The van der Waals surface area contributed by atoms with Gasteiger partial charge < -0.3 is 25.2 Å². The number of halogens is 2. The molecule has 2 aliphatic rings. The minimum absolute atomic E-state index is 0.0195. The van der Waals surface area contributed by atoms with Crippen LogP contribution in [0.3, 0.4) is 0 Å². The van der Waals surface area contributed by atoms with E-state index in [9.17, 15) is 33.1 Å². The third-order valence-electron chi connectivity index (χ3n) is 6.92. The number of aromatic hydroxyl groups is 1. The average molecular weight is 503 g/mol. The Morgan fingerprint density at radius 2 is 1.89 bits per heavy atom. The van der Waals surface area contributed by atoms with E-state index in [1.807, 2.05) is 13.8 Å². The quantitative estimate of drug-likeness (QED) is 0.557. The second-order valence-corrected chi connectivity index (χ2v) is 9.82. The van der Waals surface area contributed by atoms with Crippen molar-refractivity contribution in [3.63, 3.8) is 0 Å². The Morgan fingerprint density at radius 1 is 1.19 bits per heavy atom. The Labute approximate surface area is 206 Å². The normalized spacial score (nSPS) is 20.8. The van der Waals surface area contributed by atoms with E-state index in [1.54, 1.807) is 4.90 Å². The second kappa shape index (κ2) is 9.36. The van der Waals surface area contributed by atoms with E-state index in [1.165, 1.54) is 23.8 Å². The number of pyridine rings is 1. The van der Waals surface area contributed by atoms with Crippen molar-refractivity contribution in [2.24, 2.45) is 5.92 Å². The molecule has 1 fully saturated rings. The molecular formula is C25H28F2N4O5. The average Bonchev–Trinajstić information content (AvgIpc) is 2.78. The van der Waals surface area contributed by atoms with Crippen LogP contribution in [0, 0.1) is 17.6 Å². The Bertz CT molecular complexity index is 1300. The maximum Gasteiger partial charge on any atom is 0.274 e. The first-order valence-electron chi connectivity index (χ1n) is 11.7. The molecule has 9 nitrogen and oxygen atoms in total. The zero-order valence-corrected chi connectivity index (χ0v) is 20.2. The van der Waals surface area contributed by atoms with Gasteiger partial charge in [-0.2, -0.15) is 0 Å². The van der Waals surface area contributed by atoms with Crippen molar-refractivity contribution in [1.82, 2.24) is 20.1 Å². The zero-order chi connectivity index (χ0) is 26.4. The lowest BCUT2D eigenvalue weighted by molar-refractivity contribution is -0.119. The lowest BCUT2D eigenvalue weighted by Gasteiger charge is -2.55. The van der Waals surface area contributed by atoms with E-state index in [2.05, 4.69) is 10.6 Å². The standard InChI is InChI=1S/C25H28F2N4O5/c1-13(2)30-12-25(7-15(8-25)9-28-14(3)32)31-11-18(21(33)22(34)20(31)24(30)36)23(35)29-10-16-4-5-17(26)6-19(16)27/h4-6,11,13,15,34H,7-10,12H2,1-3H3,(H,28,32)(H,29,35)/t15-,25+. The Kier molecular flexibility index (Phi) is 6.59. The molecule has 2 heterocycles. The predicted octanol–water partition coefficient (Wildman–Crippen LogP) is 1.87. The summed E-state index contributed by atoms with van der Waals surface area (Å²) in [5.74, 6) is -3.86. The number of amides is 3. The van der Waals surface area contributed by atoms with Crippen molar-refractivity contribution >= 4 is 17.7 Å². The molecule has 1 aliphatic heterocycles. The number of nitrogens with one attached hydrogen (secondary N) is 2. The lowest BCUT2D eigenvalue weighted by Crippen LogP contribution is -2.62. The van der Waals surface area contributed by atoms with Gasteiger partial charge in [-0.05, 0) is 38.7 Å². The molecule has 0 atom stereocenters. The third-order valence-corrected chi connectivity index (χ3v) is 6.92. The Hall–Kier alpha value is -3.76. The highest BCUT2D eigenvalue weighted by Crippen LogP contribution is 2.48. The number of hydrogen-bond acceptors (Lipinski definition) is 5. The molecule has 2 aromatic rings. The van der Waals surface area contributed by atoms with E-state index >= 15 is 0 Å². The summed E-state index contributed by atoms with van der Waals surface area (Å²) in [6.07, 6.45) is 2.39. The van der Waals surface area contributed by atoms with Crippen molar-refractivity contribution in [2.75, 3.05) is 13.1 Å². The molecule has 1 aliphatic carbocycles. The molecule has 0 unspecified atom stereocenters. The Morgan fingerprint density at radius 3 is 2.50 bits per heavy atom. The van der Waals surface area contributed by atoms with E-state index < -0.39 is 45.7 Å². The summed E-state index contributed by atoms with van der Waals surface area (Å²) >= 11 is 0. The lowest BCUT2D eigenvalue weighted by atomic mass is 9.66. The molecule has 1 spiro atoms. The van der Waals surface area contributed by atoms with E-state index in [0.717, 1.165) is 6.07 Å². The topological polar surface area (TPSA) is 121 Å². The molecule has 36 heavy (non-hydrogen) atoms. The van der Waals surface area contributed by atoms with Gasteiger partial charge in [0.1, 0.15) is 17.2 Å². The number of rotatable bonds is 6. The van der Waals surface area contributed by atoms with Crippen LogP contribution in [0.15, 0.2) is 29.2 Å². The first kappa shape index (κ1) is 25.3. The monoisotopic (exact) mass is 502 g/mol. The van der Waals surface area contributed by atoms with Gasteiger partial charge in [-0.3, -0.25) is 19.2 Å². The molecule has 1 saturated carbocycles. The zero-order valence-electron chi connectivity index (χ0n) is 20.2. The minimum Gasteiger partial charge on any atom is -0.503 e. The first-order valence-corrected chi connectivity index (χ1v) is 11.7. The maximum atomic E-state index is 14.0. The number of benzene rings is 1. The van der Waals surface area contributed by atoms with Crippen LogP contribution in [0.4, 0.5) is 8.78 Å². The highest BCUT2D eigenvalue weighted by molar-refractivity contribution is 5.99. The van der Waals surface area contributed by atoms with Crippen molar-refractivity contribution in [2.45, 2.75) is 51.7 Å². The molecule has 1 aromatic carbocycles. The summed E-state index contributed by atoms with van der Waals surface area (Å²) in [5.41, 5.74) is -2.24. The van der Waals surface area contributed by atoms with E-state index in [-0.39, 0.29) is 35.7 Å². The van der Waals surface area contributed by atoms with Crippen LogP contribution in [0.1, 0.15) is 60.0 Å². The number of carbonyl (C=O) groups is 3. The van der Waals surface area contributed by atoms with Gasteiger partial charge in [0.2, 0.25) is 11.3 Å². The number of aromatic nitrogens is 1. The second-order valence-electron chi connectivity index (χ2n) is 9.82. The van der Waals surface area contributed by atoms with Crippen LogP contribution in [-0.4, -0.2) is 51.4 Å². The van der Waals surface area contributed by atoms with Gasteiger partial charge in [0.25, 0.3) is 11.8 Å². The summed E-state index contributed by atoms with van der Waals surface area (Å²) in [6.45, 7) is 5.55. The fourth-order valence-corrected chi connectivity index (χ4v) is 5.07. The van der Waals surface area contributed by atoms with Crippen molar-refractivity contribution in [3.05, 3.63) is 63.1 Å². The van der Waals surface area contributed by atoms with Crippen LogP contribution in [0.2, 0.25) is 0 Å². The smallest absolute Gasteiger partial charge is 0.274 e. The summed E-state index contributed by atoms with van der Waals surface area (Å²) in [7, 11) is 0. The molecule has 11 heteroatoms. The SMILES string of the molecule is CC(=O)NC[C@H]1C[C@]2(CN(C(C)C)C(=O)c3c(O)c(=O)c(C(=O)NCc4ccc(F)cc4F)cn32)C1. The number of nitrogens with zero attached hydrogens (tertiary/aromatic N) is 2. The van der Waals surface area contributed by atoms with Gasteiger partial charge in [0, 0.05) is 50.4 Å². The molecule has 0 radical (unpaired) electrons. The van der Waals surface area contributed by atoms with Crippen molar-refractivity contribution in [3.8, 4) is 5.75 Å². The van der Waals surface area contributed by atoms with Crippen LogP contribution in [0.5, 0.6) is 5.75 Å². The van der Waals surface area contributed by atoms with Gasteiger partial charge >= 0.3 is 0 Å². The van der Waals surface area contributed by atoms with Gasteiger partial charge in [0.05, 0.1) is 5.54 Å². The highest BCUT2D eigenvalue weighted by Gasteiger charge is 2.52. The fraction of sp³-hybridized carbons (Fsp3) is 0.440. The van der Waals surface area contributed by atoms with Crippen LogP contribution >= 0.6 is 0 Å². The predicted molar refractivity (Wildman–Crippen MR) is 125 cm³/mol. The summed E-state index contributed by atoms with van der Waals surface area (Å²) in [6, 6.07) is 2.72. The van der Waals surface area contributed by atoms with Crippen LogP contribution < -0.4 is 16.1 Å². The van der Waals surface area contributed by atoms with Crippen LogP contribution in [-0.2, 0) is 16.9 Å². The largest absolute Gasteiger partial charge is 0.503 e. The molecule has 3 N–H and O–H groups in total. The molecular weight excluding hydrogens is 474 g/mol. The van der Waals surface area contributed by atoms with Gasteiger partial charge in [-0.25, -0.2) is 8.78 Å². The number of hydrogen-bond donors (Lipinski definition) is 3. The summed E-state index contributed by atoms with van der Waals surface area (Å²) in [4.78, 5) is 51.9. The fourth-order valence-electron chi connectivity index (χ4n) is 5.07. The maximum absolute atomic E-state index is 14.0. The van der Waals surface area contributed by atoms with Crippen molar-refractivity contribution < 1.29 is 28.3 Å².